The Morgan fingerprint density at radius 2 is 1.87 bits per heavy atom. The molecular weight excluding hydrogens is 214 g/mol. The Morgan fingerprint density at radius 3 is 2.33 bits per heavy atom. The van der Waals surface area contributed by atoms with Crippen LogP contribution < -0.4 is 10.5 Å². The average Bonchev–Trinajstić information content (AvgIpc) is 2.20. The highest BCUT2D eigenvalue weighted by molar-refractivity contribution is 6.30. The Kier molecular flexibility index (Phi) is 4.12. The second kappa shape index (κ2) is 5.14. The number of benzene rings is 1. The lowest BCUT2D eigenvalue weighted by atomic mass is 10.1. The third kappa shape index (κ3) is 3.53. The number of esters is 1. The molecule has 2 N–H and O–H groups in total. The van der Waals surface area contributed by atoms with Crippen LogP contribution in [0.1, 0.15) is 13.8 Å². The maximum atomic E-state index is 11.5. The first kappa shape index (κ1) is 12.0. The molecule has 0 aromatic heterocycles. The van der Waals surface area contributed by atoms with Crippen LogP contribution in [0.5, 0.6) is 5.75 Å². The molecule has 1 atom stereocenters. The molecule has 0 aliphatic rings. The zero-order valence-corrected chi connectivity index (χ0v) is 9.49. The number of hydrogen-bond acceptors (Lipinski definition) is 3. The zero-order valence-electron chi connectivity index (χ0n) is 8.74. The highest BCUT2D eigenvalue weighted by Gasteiger charge is 2.19. The fraction of sp³-hybridized carbons (Fsp3) is 0.364. The number of ether oxygens (including phenoxy) is 1. The molecule has 15 heavy (non-hydrogen) atoms. The Hall–Kier alpha value is -1.06. The molecule has 4 heteroatoms. The van der Waals surface area contributed by atoms with Gasteiger partial charge in [0.1, 0.15) is 11.8 Å². The van der Waals surface area contributed by atoms with E-state index in [0.29, 0.717) is 10.8 Å². The van der Waals surface area contributed by atoms with Crippen molar-refractivity contribution in [2.75, 3.05) is 0 Å². The van der Waals surface area contributed by atoms with Crippen LogP contribution in [0.15, 0.2) is 24.3 Å². The SMILES string of the molecule is CC(C)[C@H](N)C(=O)Oc1ccc(Cl)cc1. The molecule has 0 bridgehead atoms. The molecule has 0 saturated carbocycles. The van der Waals surface area contributed by atoms with Gasteiger partial charge in [-0.1, -0.05) is 25.4 Å². The second-order valence-electron chi connectivity index (χ2n) is 3.64. The molecule has 0 heterocycles. The van der Waals surface area contributed by atoms with Gasteiger partial charge in [-0.15, -0.1) is 0 Å². The van der Waals surface area contributed by atoms with Gasteiger partial charge in [0.15, 0.2) is 0 Å². The Morgan fingerprint density at radius 1 is 1.33 bits per heavy atom. The van der Waals surface area contributed by atoms with Crippen molar-refractivity contribution >= 4 is 17.6 Å². The van der Waals surface area contributed by atoms with Crippen molar-refractivity contribution in [1.82, 2.24) is 0 Å². The van der Waals surface area contributed by atoms with Crippen LogP contribution >= 0.6 is 11.6 Å². The van der Waals surface area contributed by atoms with Gasteiger partial charge in [0.25, 0.3) is 0 Å². The van der Waals surface area contributed by atoms with Crippen molar-refractivity contribution in [1.29, 1.82) is 0 Å². The summed E-state index contributed by atoms with van der Waals surface area (Å²) in [6.07, 6.45) is 0. The van der Waals surface area contributed by atoms with E-state index in [1.54, 1.807) is 24.3 Å². The van der Waals surface area contributed by atoms with Gasteiger partial charge in [-0.25, -0.2) is 4.79 Å². The highest BCUT2D eigenvalue weighted by Crippen LogP contribution is 2.16. The van der Waals surface area contributed by atoms with Crippen molar-refractivity contribution in [3.8, 4) is 5.75 Å². The number of carbonyl (C=O) groups excluding carboxylic acids is 1. The third-order valence-corrected chi connectivity index (χ3v) is 2.27. The zero-order chi connectivity index (χ0) is 11.4. The summed E-state index contributed by atoms with van der Waals surface area (Å²) in [6.45, 7) is 3.74. The molecule has 1 aromatic carbocycles. The van der Waals surface area contributed by atoms with Gasteiger partial charge in [-0.3, -0.25) is 0 Å². The van der Waals surface area contributed by atoms with Crippen LogP contribution in [-0.4, -0.2) is 12.0 Å². The molecule has 0 amide bonds. The second-order valence-corrected chi connectivity index (χ2v) is 4.08. The number of halogens is 1. The summed E-state index contributed by atoms with van der Waals surface area (Å²) >= 11 is 5.70. The van der Waals surface area contributed by atoms with Gasteiger partial charge in [0.05, 0.1) is 0 Å². The standard InChI is InChI=1S/C11H14ClNO2/c1-7(2)10(13)11(14)15-9-5-3-8(12)4-6-9/h3-7,10H,13H2,1-2H3/t10-/m0/s1. The van der Waals surface area contributed by atoms with E-state index in [2.05, 4.69) is 0 Å². The van der Waals surface area contributed by atoms with Gasteiger partial charge >= 0.3 is 5.97 Å². The van der Waals surface area contributed by atoms with E-state index < -0.39 is 12.0 Å². The Labute approximate surface area is 94.2 Å². The fourth-order valence-corrected chi connectivity index (χ4v) is 1.08. The lowest BCUT2D eigenvalue weighted by Gasteiger charge is -2.13. The van der Waals surface area contributed by atoms with E-state index >= 15 is 0 Å². The molecule has 3 nitrogen and oxygen atoms in total. The van der Waals surface area contributed by atoms with Crippen LogP contribution in [0.25, 0.3) is 0 Å². The van der Waals surface area contributed by atoms with Gasteiger partial charge in [0, 0.05) is 5.02 Å². The molecule has 1 aromatic rings. The van der Waals surface area contributed by atoms with Gasteiger partial charge < -0.3 is 10.5 Å². The predicted molar refractivity (Wildman–Crippen MR) is 59.9 cm³/mol. The number of nitrogens with two attached hydrogens (primary N) is 1. The minimum absolute atomic E-state index is 0.0600. The first-order valence-corrected chi connectivity index (χ1v) is 5.11. The molecule has 1 rings (SSSR count). The lowest BCUT2D eigenvalue weighted by Crippen LogP contribution is -2.38. The summed E-state index contributed by atoms with van der Waals surface area (Å²) in [4.78, 5) is 11.5. The number of carbonyl (C=O) groups is 1. The van der Waals surface area contributed by atoms with Crippen molar-refractivity contribution in [3.05, 3.63) is 29.3 Å². The van der Waals surface area contributed by atoms with E-state index in [-0.39, 0.29) is 5.92 Å². The number of hydrogen-bond donors (Lipinski definition) is 1. The minimum Gasteiger partial charge on any atom is -0.425 e. The molecule has 82 valence electrons. The molecule has 0 radical (unpaired) electrons. The first-order valence-electron chi connectivity index (χ1n) is 4.73. The molecule has 0 aliphatic heterocycles. The maximum absolute atomic E-state index is 11.5. The van der Waals surface area contributed by atoms with Crippen LogP contribution in [0.3, 0.4) is 0 Å². The smallest absolute Gasteiger partial charge is 0.328 e. The fourth-order valence-electron chi connectivity index (χ4n) is 0.959. The first-order chi connectivity index (χ1) is 7.00. The van der Waals surface area contributed by atoms with Gasteiger partial charge in [-0.05, 0) is 30.2 Å². The maximum Gasteiger partial charge on any atom is 0.328 e. The summed E-state index contributed by atoms with van der Waals surface area (Å²) in [6, 6.07) is 5.98. The van der Waals surface area contributed by atoms with Crippen molar-refractivity contribution in [2.24, 2.45) is 11.7 Å². The highest BCUT2D eigenvalue weighted by atomic mass is 35.5. The molecule has 0 spiro atoms. The van der Waals surface area contributed by atoms with E-state index in [1.165, 1.54) is 0 Å². The summed E-state index contributed by atoms with van der Waals surface area (Å²) in [7, 11) is 0. The molecule has 0 fully saturated rings. The van der Waals surface area contributed by atoms with Gasteiger partial charge in [0.2, 0.25) is 0 Å². The monoisotopic (exact) mass is 227 g/mol. The summed E-state index contributed by atoms with van der Waals surface area (Å²) < 4.78 is 5.07. The minimum atomic E-state index is -0.597. The van der Waals surface area contributed by atoms with E-state index in [0.717, 1.165) is 0 Å². The van der Waals surface area contributed by atoms with Crippen molar-refractivity contribution in [3.63, 3.8) is 0 Å². The average molecular weight is 228 g/mol. The normalized spacial score (nSPS) is 12.6. The largest absolute Gasteiger partial charge is 0.425 e. The summed E-state index contributed by atoms with van der Waals surface area (Å²) in [5.74, 6) is 0.0950. The number of rotatable bonds is 3. The van der Waals surface area contributed by atoms with Crippen LogP contribution in [0, 0.1) is 5.92 Å². The summed E-state index contributed by atoms with van der Waals surface area (Å²) in [5, 5.41) is 0.600. The van der Waals surface area contributed by atoms with E-state index in [1.807, 2.05) is 13.8 Å². The molecule has 0 unspecified atom stereocenters. The topological polar surface area (TPSA) is 52.3 Å². The van der Waals surface area contributed by atoms with Crippen molar-refractivity contribution in [2.45, 2.75) is 19.9 Å². The van der Waals surface area contributed by atoms with Gasteiger partial charge in [-0.2, -0.15) is 0 Å². The Bertz CT molecular complexity index is 335. The quantitative estimate of drug-likeness (QED) is 0.637. The molecule has 0 aliphatic carbocycles. The third-order valence-electron chi connectivity index (χ3n) is 2.02. The predicted octanol–water partition coefficient (Wildman–Crippen LogP) is 2.23. The van der Waals surface area contributed by atoms with E-state index in [4.69, 9.17) is 22.1 Å². The van der Waals surface area contributed by atoms with Crippen LogP contribution in [0.2, 0.25) is 5.02 Å². The van der Waals surface area contributed by atoms with Crippen molar-refractivity contribution < 1.29 is 9.53 Å². The molecule has 0 saturated heterocycles. The Balaban J connectivity index is 2.62. The summed E-state index contributed by atoms with van der Waals surface area (Å²) in [5.41, 5.74) is 5.64. The van der Waals surface area contributed by atoms with Crippen LogP contribution in [-0.2, 0) is 4.79 Å². The van der Waals surface area contributed by atoms with Crippen LogP contribution in [0.4, 0.5) is 0 Å². The molecular formula is C11H14ClNO2. The lowest BCUT2D eigenvalue weighted by molar-refractivity contribution is -0.136. The van der Waals surface area contributed by atoms with E-state index in [9.17, 15) is 4.79 Å².